The van der Waals surface area contributed by atoms with Crippen molar-refractivity contribution in [3.63, 3.8) is 0 Å². The summed E-state index contributed by atoms with van der Waals surface area (Å²) >= 11 is 0. The largest absolute Gasteiger partial charge is 0.494 e. The molecule has 0 saturated heterocycles. The zero-order valence-electron chi connectivity index (χ0n) is 10.7. The van der Waals surface area contributed by atoms with Crippen LogP contribution in [0.15, 0.2) is 24.3 Å². The summed E-state index contributed by atoms with van der Waals surface area (Å²) in [5, 5.41) is 3.36. The number of rotatable bonds is 7. The fraction of sp³-hybridized carbons (Fsp3) is 0.467. The van der Waals surface area contributed by atoms with E-state index in [-0.39, 0.29) is 6.04 Å². The van der Waals surface area contributed by atoms with Crippen molar-refractivity contribution >= 4 is 0 Å². The number of hydrogen-bond donors (Lipinski definition) is 1. The molecule has 1 aromatic rings. The van der Waals surface area contributed by atoms with Crippen LogP contribution in [0.4, 0.5) is 0 Å². The van der Waals surface area contributed by atoms with Gasteiger partial charge in [0.2, 0.25) is 0 Å². The van der Waals surface area contributed by atoms with E-state index in [0.29, 0.717) is 6.61 Å². The van der Waals surface area contributed by atoms with Crippen LogP contribution in [0.2, 0.25) is 0 Å². The van der Waals surface area contributed by atoms with E-state index in [1.165, 1.54) is 5.56 Å². The molecule has 1 rings (SSSR count). The minimum atomic E-state index is 0.173. The van der Waals surface area contributed by atoms with Crippen molar-refractivity contribution in [2.75, 3.05) is 6.61 Å². The van der Waals surface area contributed by atoms with Crippen molar-refractivity contribution in [3.8, 4) is 18.1 Å². The van der Waals surface area contributed by atoms with Gasteiger partial charge in [0.1, 0.15) is 5.75 Å². The van der Waals surface area contributed by atoms with Gasteiger partial charge in [0.15, 0.2) is 0 Å². The van der Waals surface area contributed by atoms with Gasteiger partial charge in [-0.3, -0.25) is 5.32 Å². The lowest BCUT2D eigenvalue weighted by molar-refractivity contribution is 0.340. The van der Waals surface area contributed by atoms with Gasteiger partial charge in [-0.05, 0) is 31.0 Å². The third-order valence-electron chi connectivity index (χ3n) is 2.57. The quantitative estimate of drug-likeness (QED) is 0.728. The van der Waals surface area contributed by atoms with Crippen LogP contribution in [0.1, 0.15) is 32.3 Å². The molecule has 17 heavy (non-hydrogen) atoms. The Balaban J connectivity index is 2.44. The lowest BCUT2D eigenvalue weighted by atomic mass is 10.1. The van der Waals surface area contributed by atoms with Crippen LogP contribution >= 0.6 is 0 Å². The first-order valence-corrected chi connectivity index (χ1v) is 6.21. The molecule has 1 unspecified atom stereocenters. The van der Waals surface area contributed by atoms with Crippen LogP contribution in [-0.4, -0.2) is 12.6 Å². The van der Waals surface area contributed by atoms with E-state index < -0.39 is 0 Å². The first-order valence-electron chi connectivity index (χ1n) is 6.21. The molecule has 1 N–H and O–H groups in total. The highest BCUT2D eigenvalue weighted by atomic mass is 16.5. The van der Waals surface area contributed by atoms with Crippen LogP contribution < -0.4 is 10.1 Å². The Labute approximate surface area is 104 Å². The number of nitrogens with one attached hydrogen (secondary N) is 1. The molecule has 0 amide bonds. The maximum absolute atomic E-state index is 5.45. The number of terminal acetylenes is 1. The molecule has 1 aromatic carbocycles. The standard InChI is InChI=1S/C15H21NO/c1-4-7-14(5-2)16-12-13-8-10-15(11-9-13)17-6-3/h2,8-11,14,16H,4,6-7,12H2,1,3H3. The van der Waals surface area contributed by atoms with E-state index in [4.69, 9.17) is 11.2 Å². The number of ether oxygens (including phenoxy) is 1. The first-order chi connectivity index (χ1) is 8.30. The molecule has 0 bridgehead atoms. The lowest BCUT2D eigenvalue weighted by Crippen LogP contribution is -2.26. The normalized spacial score (nSPS) is 11.8. The average molecular weight is 231 g/mol. The van der Waals surface area contributed by atoms with E-state index in [9.17, 15) is 0 Å². The molecule has 2 heteroatoms. The highest BCUT2D eigenvalue weighted by Crippen LogP contribution is 2.12. The van der Waals surface area contributed by atoms with Crippen LogP contribution in [0, 0.1) is 12.3 Å². The lowest BCUT2D eigenvalue weighted by Gasteiger charge is -2.12. The van der Waals surface area contributed by atoms with Gasteiger partial charge in [0.25, 0.3) is 0 Å². The Morgan fingerprint density at radius 2 is 2.00 bits per heavy atom. The molecule has 0 aliphatic carbocycles. The molecular formula is C15H21NO. The summed E-state index contributed by atoms with van der Waals surface area (Å²) in [6.45, 7) is 5.63. The van der Waals surface area contributed by atoms with Gasteiger partial charge < -0.3 is 4.74 Å². The summed E-state index contributed by atoms with van der Waals surface area (Å²) in [6.07, 6.45) is 7.58. The number of hydrogen-bond acceptors (Lipinski definition) is 2. The van der Waals surface area contributed by atoms with Crippen LogP contribution in [0.5, 0.6) is 5.75 Å². The fourth-order valence-corrected chi connectivity index (χ4v) is 1.64. The molecule has 0 aliphatic rings. The summed E-state index contributed by atoms with van der Waals surface area (Å²) in [4.78, 5) is 0. The topological polar surface area (TPSA) is 21.3 Å². The molecular weight excluding hydrogens is 210 g/mol. The Kier molecular flexibility index (Phi) is 6.21. The van der Waals surface area contributed by atoms with E-state index in [0.717, 1.165) is 25.1 Å². The van der Waals surface area contributed by atoms with Crippen molar-refractivity contribution in [3.05, 3.63) is 29.8 Å². The summed E-state index contributed by atoms with van der Waals surface area (Å²) in [5.74, 6) is 3.68. The third kappa shape index (κ3) is 4.93. The molecule has 0 spiro atoms. The van der Waals surface area contributed by atoms with Gasteiger partial charge in [0.05, 0.1) is 12.6 Å². The minimum absolute atomic E-state index is 0.173. The second-order valence-electron chi connectivity index (χ2n) is 3.97. The zero-order chi connectivity index (χ0) is 12.5. The van der Waals surface area contributed by atoms with Gasteiger partial charge in [0, 0.05) is 6.54 Å². The fourth-order valence-electron chi connectivity index (χ4n) is 1.64. The van der Waals surface area contributed by atoms with E-state index in [1.54, 1.807) is 0 Å². The molecule has 0 saturated carbocycles. The molecule has 0 heterocycles. The van der Waals surface area contributed by atoms with Crippen molar-refractivity contribution < 1.29 is 4.74 Å². The highest BCUT2D eigenvalue weighted by Gasteiger charge is 2.02. The molecule has 0 fully saturated rings. The molecule has 0 radical (unpaired) electrons. The van der Waals surface area contributed by atoms with Crippen molar-refractivity contribution in [1.29, 1.82) is 0 Å². The van der Waals surface area contributed by atoms with Gasteiger partial charge in [-0.25, -0.2) is 0 Å². The summed E-state index contributed by atoms with van der Waals surface area (Å²) in [6, 6.07) is 8.29. The van der Waals surface area contributed by atoms with E-state index in [2.05, 4.69) is 30.3 Å². The molecule has 2 nitrogen and oxygen atoms in total. The Morgan fingerprint density at radius 1 is 1.29 bits per heavy atom. The summed E-state index contributed by atoms with van der Waals surface area (Å²) in [7, 11) is 0. The van der Waals surface area contributed by atoms with Gasteiger partial charge >= 0.3 is 0 Å². The second-order valence-corrected chi connectivity index (χ2v) is 3.97. The predicted octanol–water partition coefficient (Wildman–Crippen LogP) is 2.98. The predicted molar refractivity (Wildman–Crippen MR) is 72.0 cm³/mol. The second kappa shape index (κ2) is 7.76. The SMILES string of the molecule is C#CC(CCC)NCc1ccc(OCC)cc1. The summed E-state index contributed by atoms with van der Waals surface area (Å²) in [5.41, 5.74) is 1.23. The van der Waals surface area contributed by atoms with Crippen LogP contribution in [0.3, 0.4) is 0 Å². The van der Waals surface area contributed by atoms with E-state index >= 15 is 0 Å². The average Bonchev–Trinajstić information content (AvgIpc) is 2.36. The Morgan fingerprint density at radius 3 is 2.53 bits per heavy atom. The van der Waals surface area contributed by atoms with Gasteiger partial charge in [-0.1, -0.05) is 31.4 Å². The molecule has 0 aliphatic heterocycles. The zero-order valence-corrected chi connectivity index (χ0v) is 10.7. The third-order valence-corrected chi connectivity index (χ3v) is 2.57. The van der Waals surface area contributed by atoms with Crippen LogP contribution in [0.25, 0.3) is 0 Å². The summed E-state index contributed by atoms with van der Waals surface area (Å²) < 4.78 is 5.39. The van der Waals surface area contributed by atoms with Crippen molar-refractivity contribution in [2.45, 2.75) is 39.3 Å². The van der Waals surface area contributed by atoms with Crippen molar-refractivity contribution in [2.24, 2.45) is 0 Å². The maximum Gasteiger partial charge on any atom is 0.119 e. The molecule has 1 atom stereocenters. The highest BCUT2D eigenvalue weighted by molar-refractivity contribution is 5.27. The minimum Gasteiger partial charge on any atom is -0.494 e. The monoisotopic (exact) mass is 231 g/mol. The van der Waals surface area contributed by atoms with Gasteiger partial charge in [-0.2, -0.15) is 0 Å². The maximum atomic E-state index is 5.45. The molecule has 0 aromatic heterocycles. The van der Waals surface area contributed by atoms with Crippen molar-refractivity contribution in [1.82, 2.24) is 5.32 Å². The Hall–Kier alpha value is -1.46. The van der Waals surface area contributed by atoms with Gasteiger partial charge in [-0.15, -0.1) is 6.42 Å². The molecule has 92 valence electrons. The van der Waals surface area contributed by atoms with Crippen LogP contribution in [-0.2, 0) is 6.54 Å². The first kappa shape index (κ1) is 13.6. The smallest absolute Gasteiger partial charge is 0.119 e. The number of benzene rings is 1. The van der Waals surface area contributed by atoms with E-state index in [1.807, 2.05) is 19.1 Å². The Bertz CT molecular complexity index is 350.